The summed E-state index contributed by atoms with van der Waals surface area (Å²) in [5.74, 6) is -0.294. The molecule has 0 aliphatic heterocycles. The Balaban J connectivity index is 2.30. The van der Waals surface area contributed by atoms with Crippen LogP contribution in [0.15, 0.2) is 22.7 Å². The predicted octanol–water partition coefficient (Wildman–Crippen LogP) is 2.54. The summed E-state index contributed by atoms with van der Waals surface area (Å²) in [4.78, 5) is 0. The van der Waals surface area contributed by atoms with Crippen LogP contribution in [-0.2, 0) is 15.9 Å². The molecule has 0 radical (unpaired) electrons. The van der Waals surface area contributed by atoms with Crippen molar-refractivity contribution in [3.8, 4) is 0 Å². The summed E-state index contributed by atoms with van der Waals surface area (Å²) in [7, 11) is 1.61. The lowest BCUT2D eigenvalue weighted by atomic mass is 10.1. The van der Waals surface area contributed by atoms with Crippen molar-refractivity contribution in [3.63, 3.8) is 0 Å². The Labute approximate surface area is 115 Å². The lowest BCUT2D eigenvalue weighted by Crippen LogP contribution is -2.15. The van der Waals surface area contributed by atoms with E-state index in [9.17, 15) is 9.50 Å². The molecule has 0 aliphatic carbocycles. The zero-order chi connectivity index (χ0) is 13.4. The van der Waals surface area contributed by atoms with Crippen molar-refractivity contribution in [3.05, 3.63) is 34.1 Å². The first-order valence-corrected chi connectivity index (χ1v) is 6.61. The molecule has 0 aliphatic rings. The molecule has 102 valence electrons. The molecule has 5 heteroatoms. The maximum Gasteiger partial charge on any atom is 0.126 e. The molecule has 0 saturated heterocycles. The molecule has 1 rings (SSSR count). The van der Waals surface area contributed by atoms with E-state index in [1.807, 2.05) is 0 Å². The number of benzene rings is 1. The minimum absolute atomic E-state index is 0.291. The first-order valence-electron chi connectivity index (χ1n) is 5.82. The van der Waals surface area contributed by atoms with Gasteiger partial charge in [-0.1, -0.05) is 15.9 Å². The smallest absolute Gasteiger partial charge is 0.126 e. The second kappa shape index (κ2) is 8.58. The topological polar surface area (TPSA) is 38.7 Å². The number of hydrogen-bond donors (Lipinski definition) is 1. The average Bonchev–Trinajstić information content (AvgIpc) is 2.33. The fraction of sp³-hybridized carbons (Fsp3) is 0.538. The molecule has 3 nitrogen and oxygen atoms in total. The lowest BCUT2D eigenvalue weighted by Gasteiger charge is -2.12. The molecule has 0 bridgehead atoms. The van der Waals surface area contributed by atoms with Crippen LogP contribution in [0.25, 0.3) is 0 Å². The van der Waals surface area contributed by atoms with Gasteiger partial charge in [0, 0.05) is 24.6 Å². The highest BCUT2D eigenvalue weighted by molar-refractivity contribution is 9.10. The van der Waals surface area contributed by atoms with Crippen LogP contribution < -0.4 is 0 Å². The van der Waals surface area contributed by atoms with Gasteiger partial charge < -0.3 is 14.6 Å². The van der Waals surface area contributed by atoms with Crippen molar-refractivity contribution in [2.24, 2.45) is 0 Å². The Hall–Kier alpha value is -0.490. The Morgan fingerprint density at radius 3 is 2.83 bits per heavy atom. The molecule has 18 heavy (non-hydrogen) atoms. The fourth-order valence-electron chi connectivity index (χ4n) is 1.52. The number of hydrogen-bond acceptors (Lipinski definition) is 3. The average molecular weight is 321 g/mol. The fourth-order valence-corrected chi connectivity index (χ4v) is 1.93. The second-order valence-corrected chi connectivity index (χ2v) is 4.90. The van der Waals surface area contributed by atoms with Gasteiger partial charge >= 0.3 is 0 Å². The first kappa shape index (κ1) is 15.6. The van der Waals surface area contributed by atoms with Crippen molar-refractivity contribution in [1.82, 2.24) is 0 Å². The van der Waals surface area contributed by atoms with Crippen molar-refractivity contribution in [2.45, 2.75) is 18.9 Å². The van der Waals surface area contributed by atoms with E-state index >= 15 is 0 Å². The van der Waals surface area contributed by atoms with Gasteiger partial charge in [0.2, 0.25) is 0 Å². The monoisotopic (exact) mass is 320 g/mol. The molecule has 1 atom stereocenters. The summed E-state index contributed by atoms with van der Waals surface area (Å²) in [6.07, 6.45) is 0.172. The van der Waals surface area contributed by atoms with Crippen LogP contribution in [0.2, 0.25) is 0 Å². The number of halogens is 2. The highest BCUT2D eigenvalue weighted by atomic mass is 79.9. The molecule has 1 aromatic rings. The van der Waals surface area contributed by atoms with Gasteiger partial charge in [-0.05, 0) is 30.2 Å². The Kier molecular flexibility index (Phi) is 7.42. The van der Waals surface area contributed by atoms with Crippen LogP contribution in [0.3, 0.4) is 0 Å². The second-order valence-electron chi connectivity index (χ2n) is 3.99. The molecule has 1 N–H and O–H groups in total. The molecular weight excluding hydrogens is 303 g/mol. The number of rotatable bonds is 8. The van der Waals surface area contributed by atoms with Crippen molar-refractivity contribution in [2.75, 3.05) is 26.9 Å². The zero-order valence-electron chi connectivity index (χ0n) is 10.4. The normalized spacial score (nSPS) is 12.7. The minimum Gasteiger partial charge on any atom is -0.393 e. The van der Waals surface area contributed by atoms with Crippen molar-refractivity contribution in [1.29, 1.82) is 0 Å². The van der Waals surface area contributed by atoms with Gasteiger partial charge in [0.05, 0.1) is 19.3 Å². The van der Waals surface area contributed by atoms with E-state index in [4.69, 9.17) is 9.47 Å². The highest BCUT2D eigenvalue weighted by Crippen LogP contribution is 2.17. The minimum atomic E-state index is -0.601. The largest absolute Gasteiger partial charge is 0.393 e. The van der Waals surface area contributed by atoms with Gasteiger partial charge in [-0.3, -0.25) is 0 Å². The quantitative estimate of drug-likeness (QED) is 0.748. The molecule has 1 unspecified atom stereocenters. The SMILES string of the molecule is COCCOCCC(O)Cc1cc(Br)ccc1F. The van der Waals surface area contributed by atoms with E-state index in [1.54, 1.807) is 19.2 Å². The zero-order valence-corrected chi connectivity index (χ0v) is 12.0. The molecule has 1 aromatic carbocycles. The van der Waals surface area contributed by atoms with Crippen LogP contribution in [0.4, 0.5) is 4.39 Å². The number of aliphatic hydroxyl groups excluding tert-OH is 1. The number of methoxy groups -OCH3 is 1. The van der Waals surface area contributed by atoms with Gasteiger partial charge in [0.15, 0.2) is 0 Å². The van der Waals surface area contributed by atoms with Crippen molar-refractivity contribution >= 4 is 15.9 Å². The number of aliphatic hydroxyl groups is 1. The summed E-state index contributed by atoms with van der Waals surface area (Å²) >= 11 is 3.28. The lowest BCUT2D eigenvalue weighted by molar-refractivity contribution is 0.0477. The van der Waals surface area contributed by atoms with E-state index < -0.39 is 6.10 Å². The standard InChI is InChI=1S/C13H18BrFO3/c1-17-6-7-18-5-4-12(16)9-10-8-11(14)2-3-13(10)15/h2-3,8,12,16H,4-7,9H2,1H3. The van der Waals surface area contributed by atoms with Crippen LogP contribution in [-0.4, -0.2) is 38.1 Å². The van der Waals surface area contributed by atoms with Gasteiger partial charge in [0.1, 0.15) is 5.82 Å². The molecule has 0 heterocycles. The Bertz CT molecular complexity index is 360. The van der Waals surface area contributed by atoms with Gasteiger partial charge in [0.25, 0.3) is 0 Å². The Morgan fingerprint density at radius 2 is 2.11 bits per heavy atom. The van der Waals surface area contributed by atoms with Crippen LogP contribution in [0.1, 0.15) is 12.0 Å². The maximum absolute atomic E-state index is 13.4. The van der Waals surface area contributed by atoms with E-state index in [-0.39, 0.29) is 5.82 Å². The van der Waals surface area contributed by atoms with E-state index in [0.29, 0.717) is 38.2 Å². The van der Waals surface area contributed by atoms with Gasteiger partial charge in [-0.25, -0.2) is 4.39 Å². The Morgan fingerprint density at radius 1 is 1.33 bits per heavy atom. The summed E-state index contributed by atoms with van der Waals surface area (Å²) in [6.45, 7) is 1.49. The van der Waals surface area contributed by atoms with Crippen LogP contribution in [0.5, 0.6) is 0 Å². The summed E-state index contributed by atoms with van der Waals surface area (Å²) in [5.41, 5.74) is 0.508. The van der Waals surface area contributed by atoms with E-state index in [1.165, 1.54) is 6.07 Å². The van der Waals surface area contributed by atoms with Crippen molar-refractivity contribution < 1.29 is 19.0 Å². The molecular formula is C13H18BrFO3. The van der Waals surface area contributed by atoms with Gasteiger partial charge in [-0.2, -0.15) is 0 Å². The van der Waals surface area contributed by atoms with E-state index in [2.05, 4.69) is 15.9 Å². The van der Waals surface area contributed by atoms with E-state index in [0.717, 1.165) is 4.47 Å². The van der Waals surface area contributed by atoms with Crippen LogP contribution in [0, 0.1) is 5.82 Å². The van der Waals surface area contributed by atoms with Crippen LogP contribution >= 0.6 is 15.9 Å². The summed E-state index contributed by atoms with van der Waals surface area (Å²) in [5, 5.41) is 9.78. The third kappa shape index (κ3) is 5.91. The molecule has 0 amide bonds. The number of ether oxygens (including phenoxy) is 2. The molecule has 0 saturated carbocycles. The molecule has 0 aromatic heterocycles. The van der Waals surface area contributed by atoms with Gasteiger partial charge in [-0.15, -0.1) is 0 Å². The predicted molar refractivity (Wildman–Crippen MR) is 71.1 cm³/mol. The summed E-state index contributed by atoms with van der Waals surface area (Å²) in [6, 6.07) is 4.71. The first-order chi connectivity index (χ1) is 8.63. The molecule has 0 fully saturated rings. The highest BCUT2D eigenvalue weighted by Gasteiger charge is 2.10. The summed E-state index contributed by atoms with van der Waals surface area (Å²) < 4.78 is 24.3. The third-order valence-electron chi connectivity index (χ3n) is 2.49. The maximum atomic E-state index is 13.4. The third-order valence-corrected chi connectivity index (χ3v) is 2.98. The molecule has 0 spiro atoms.